The Labute approximate surface area is 161 Å². The molecular weight excluding hydrogens is 300 g/mol. The molecule has 0 aromatic rings. The highest BCUT2D eigenvalue weighted by molar-refractivity contribution is 5.03. The van der Waals surface area contributed by atoms with Crippen LogP contribution in [0, 0.1) is 35.0 Å². The van der Waals surface area contributed by atoms with Gasteiger partial charge in [0.15, 0.2) is 0 Å². The predicted molar refractivity (Wildman–Crippen MR) is 117 cm³/mol. The fraction of sp³-hybridized carbons (Fsp3) is 0.920. The molecule has 0 heteroatoms. The van der Waals surface area contributed by atoms with Crippen LogP contribution in [0.3, 0.4) is 0 Å². The van der Waals surface area contributed by atoms with Gasteiger partial charge in [-0.05, 0) is 54.3 Å². The summed E-state index contributed by atoms with van der Waals surface area (Å²) in [6.45, 7) is 20.2. The zero-order chi connectivity index (χ0) is 19.5. The fourth-order valence-electron chi connectivity index (χ4n) is 4.35. The molecule has 2 unspecified atom stereocenters. The number of rotatable bonds is 8. The maximum atomic E-state index is 2.51. The molecule has 2 saturated carbocycles. The lowest BCUT2D eigenvalue weighted by Crippen LogP contribution is -2.17. The third kappa shape index (κ3) is 9.86. The van der Waals surface area contributed by atoms with Gasteiger partial charge in [0.1, 0.15) is 0 Å². The van der Waals surface area contributed by atoms with E-state index in [2.05, 4.69) is 60.6 Å². The molecule has 0 heterocycles. The molecule has 0 aromatic heterocycles. The Bertz CT molecular complexity index is 330. The van der Waals surface area contributed by atoms with Gasteiger partial charge in [-0.2, -0.15) is 0 Å². The molecule has 0 N–H and O–H groups in total. The van der Waals surface area contributed by atoms with Crippen LogP contribution in [0.5, 0.6) is 0 Å². The molecule has 2 rings (SSSR count). The smallest absolute Gasteiger partial charge is 0.0289 e. The molecule has 2 fully saturated rings. The molecule has 0 aliphatic heterocycles. The number of hydrogen-bond acceptors (Lipinski definition) is 0. The van der Waals surface area contributed by atoms with Gasteiger partial charge >= 0.3 is 0 Å². The normalized spacial score (nSPS) is 25.5. The van der Waals surface area contributed by atoms with Crippen molar-refractivity contribution in [1.29, 1.82) is 0 Å². The maximum Gasteiger partial charge on any atom is -0.0289 e. The van der Waals surface area contributed by atoms with Gasteiger partial charge < -0.3 is 0 Å². The topological polar surface area (TPSA) is 0 Å². The van der Waals surface area contributed by atoms with E-state index in [0.29, 0.717) is 5.92 Å². The van der Waals surface area contributed by atoms with Gasteiger partial charge in [0.2, 0.25) is 0 Å². The minimum absolute atomic E-state index is 0.712. The third-order valence-electron chi connectivity index (χ3n) is 6.16. The third-order valence-corrected chi connectivity index (χ3v) is 6.16. The van der Waals surface area contributed by atoms with Gasteiger partial charge in [0.05, 0.1) is 0 Å². The average molecular weight is 351 g/mol. The van der Waals surface area contributed by atoms with E-state index < -0.39 is 0 Å². The molecule has 25 heavy (non-hydrogen) atoms. The van der Waals surface area contributed by atoms with Crippen LogP contribution in [0.1, 0.15) is 114 Å². The van der Waals surface area contributed by atoms with E-state index >= 15 is 0 Å². The van der Waals surface area contributed by atoms with Crippen molar-refractivity contribution in [2.45, 2.75) is 114 Å². The summed E-state index contributed by atoms with van der Waals surface area (Å²) in [4.78, 5) is 0. The van der Waals surface area contributed by atoms with Gasteiger partial charge in [-0.15, -0.1) is 0 Å². The van der Waals surface area contributed by atoms with Crippen LogP contribution in [-0.4, -0.2) is 0 Å². The van der Waals surface area contributed by atoms with E-state index in [0.717, 1.165) is 29.1 Å². The molecule has 2 aliphatic carbocycles. The highest BCUT2D eigenvalue weighted by atomic mass is 14.6. The lowest BCUT2D eigenvalue weighted by Gasteiger charge is -2.28. The van der Waals surface area contributed by atoms with Crippen LogP contribution in [0.4, 0.5) is 0 Å². The standard InChI is InChI=1S/C12H22.C11H22.C2H6/c1-9(2)7-12(3)8-11(12)10-5-4-6-10;1-5-11(6-2)9-7-8-10(3)4;1-2/h9-11H,4-8H2,1-3H3;7-8,10-11H,5-6,9H2,1-4H3;1-2H3/b;8-7+;. The number of hydrogen-bond donors (Lipinski definition) is 0. The Kier molecular flexibility index (Phi) is 12.9. The van der Waals surface area contributed by atoms with Gasteiger partial charge in [-0.3, -0.25) is 0 Å². The molecule has 0 amide bonds. The Balaban J connectivity index is 0.000000422. The van der Waals surface area contributed by atoms with E-state index in [1.165, 1.54) is 38.5 Å². The second-order valence-electron chi connectivity index (χ2n) is 9.34. The van der Waals surface area contributed by atoms with Crippen molar-refractivity contribution < 1.29 is 0 Å². The van der Waals surface area contributed by atoms with Crippen molar-refractivity contribution in [3.05, 3.63) is 12.2 Å². The van der Waals surface area contributed by atoms with E-state index in [-0.39, 0.29) is 0 Å². The Morgan fingerprint density at radius 3 is 1.92 bits per heavy atom. The summed E-state index contributed by atoms with van der Waals surface area (Å²) in [6, 6.07) is 0. The zero-order valence-corrected chi connectivity index (χ0v) is 19.2. The van der Waals surface area contributed by atoms with Gasteiger partial charge in [0, 0.05) is 0 Å². The molecule has 150 valence electrons. The summed E-state index contributed by atoms with van der Waals surface area (Å²) < 4.78 is 0. The number of allylic oxidation sites excluding steroid dienone is 2. The summed E-state index contributed by atoms with van der Waals surface area (Å²) in [6.07, 6.45) is 16.1. The van der Waals surface area contributed by atoms with E-state index in [9.17, 15) is 0 Å². The molecule has 2 atom stereocenters. The summed E-state index contributed by atoms with van der Waals surface area (Å²) in [7, 11) is 0. The summed E-state index contributed by atoms with van der Waals surface area (Å²) in [5, 5.41) is 0. The lowest BCUT2D eigenvalue weighted by atomic mass is 9.78. The van der Waals surface area contributed by atoms with E-state index in [1.54, 1.807) is 12.8 Å². The Hall–Kier alpha value is -0.260. The van der Waals surface area contributed by atoms with E-state index in [4.69, 9.17) is 0 Å². The van der Waals surface area contributed by atoms with Crippen molar-refractivity contribution in [3.8, 4) is 0 Å². The molecule has 0 nitrogen and oxygen atoms in total. The van der Waals surface area contributed by atoms with Gasteiger partial charge in [0.25, 0.3) is 0 Å². The second-order valence-corrected chi connectivity index (χ2v) is 9.34. The van der Waals surface area contributed by atoms with Crippen LogP contribution < -0.4 is 0 Å². The lowest BCUT2D eigenvalue weighted by molar-refractivity contribution is 0.229. The van der Waals surface area contributed by atoms with Crippen LogP contribution in [0.25, 0.3) is 0 Å². The molecule has 0 spiro atoms. The van der Waals surface area contributed by atoms with Crippen molar-refractivity contribution in [2.24, 2.45) is 35.0 Å². The van der Waals surface area contributed by atoms with Crippen LogP contribution in [0.15, 0.2) is 12.2 Å². The second kappa shape index (κ2) is 13.0. The monoisotopic (exact) mass is 350 g/mol. The average Bonchev–Trinajstić information content (AvgIpc) is 3.13. The molecule has 0 aromatic carbocycles. The molecule has 2 aliphatic rings. The van der Waals surface area contributed by atoms with Crippen LogP contribution >= 0.6 is 0 Å². The van der Waals surface area contributed by atoms with Gasteiger partial charge in [-0.25, -0.2) is 0 Å². The van der Waals surface area contributed by atoms with Crippen molar-refractivity contribution in [3.63, 3.8) is 0 Å². The molecule has 0 radical (unpaired) electrons. The molecule has 0 saturated heterocycles. The van der Waals surface area contributed by atoms with Crippen molar-refractivity contribution >= 4 is 0 Å². The maximum absolute atomic E-state index is 2.51. The highest BCUT2D eigenvalue weighted by Crippen LogP contribution is 2.63. The fourth-order valence-corrected chi connectivity index (χ4v) is 4.35. The summed E-state index contributed by atoms with van der Waals surface area (Å²) in [5.74, 6) is 4.77. The first-order chi connectivity index (χ1) is 11.8. The molecule has 0 bridgehead atoms. The SMILES string of the molecule is CC.CC(C)CC1(C)CC1C1CCC1.CCC(CC)C/C=C/C(C)C. The summed E-state index contributed by atoms with van der Waals surface area (Å²) >= 11 is 0. The first kappa shape index (κ1) is 24.7. The van der Waals surface area contributed by atoms with Gasteiger partial charge in [-0.1, -0.05) is 107 Å². The summed E-state index contributed by atoms with van der Waals surface area (Å²) in [5.41, 5.74) is 0.763. The highest BCUT2D eigenvalue weighted by Gasteiger charge is 2.54. The minimum atomic E-state index is 0.712. The van der Waals surface area contributed by atoms with Crippen molar-refractivity contribution in [1.82, 2.24) is 0 Å². The van der Waals surface area contributed by atoms with Crippen molar-refractivity contribution in [2.75, 3.05) is 0 Å². The predicted octanol–water partition coefficient (Wildman–Crippen LogP) is 8.91. The Morgan fingerprint density at radius 2 is 1.56 bits per heavy atom. The molecular formula is C25H50. The van der Waals surface area contributed by atoms with Crippen LogP contribution in [-0.2, 0) is 0 Å². The first-order valence-corrected chi connectivity index (χ1v) is 11.5. The zero-order valence-electron chi connectivity index (χ0n) is 19.2. The van der Waals surface area contributed by atoms with E-state index in [1.807, 2.05) is 13.8 Å². The first-order valence-electron chi connectivity index (χ1n) is 11.5. The largest absolute Gasteiger partial charge is 0.0880 e. The Morgan fingerprint density at radius 1 is 1.00 bits per heavy atom. The quantitative estimate of drug-likeness (QED) is 0.383. The van der Waals surface area contributed by atoms with Crippen LogP contribution in [0.2, 0.25) is 0 Å². The minimum Gasteiger partial charge on any atom is -0.0880 e.